The largest absolute Gasteiger partial charge is 0.444 e. The van der Waals surface area contributed by atoms with E-state index in [1.807, 2.05) is 0 Å². The number of alkyl carbamates (subject to hydrolysis) is 1. The average Bonchev–Trinajstić information content (AvgIpc) is 2.79. The Kier molecular flexibility index (Phi) is 6.19. The molecule has 1 aromatic rings. The Hall–Kier alpha value is -2.20. The van der Waals surface area contributed by atoms with Crippen LogP contribution in [0.4, 0.5) is 10.5 Å². The van der Waals surface area contributed by atoms with Gasteiger partial charge >= 0.3 is 11.8 Å². The van der Waals surface area contributed by atoms with Gasteiger partial charge in [0, 0.05) is 14.2 Å². The minimum Gasteiger partial charge on any atom is -0.444 e. The summed E-state index contributed by atoms with van der Waals surface area (Å²) in [4.78, 5) is 22.8. The lowest BCUT2D eigenvalue weighted by Gasteiger charge is -2.26. The number of carbonyl (C=O) groups excluding carboxylic acids is 1. The van der Waals surface area contributed by atoms with Gasteiger partial charge in [0.05, 0.1) is 17.6 Å². The van der Waals surface area contributed by atoms with Crippen LogP contribution >= 0.6 is 0 Å². The van der Waals surface area contributed by atoms with Crippen molar-refractivity contribution in [3.8, 4) is 0 Å². The fourth-order valence-electron chi connectivity index (χ4n) is 2.95. The number of aromatic nitrogens is 2. The SMILES string of the molecule is CO[C@H]1COC(c2c([N+](=O)[O-])cnn2C)CC[C@@H]1NC(=O)OC(C)(C)C. The highest BCUT2D eigenvalue weighted by Crippen LogP contribution is 2.33. The molecule has 1 fully saturated rings. The van der Waals surface area contributed by atoms with Crippen molar-refractivity contribution in [2.45, 2.75) is 57.5 Å². The van der Waals surface area contributed by atoms with Gasteiger partial charge in [-0.25, -0.2) is 4.79 Å². The predicted molar refractivity (Wildman–Crippen MR) is 91.7 cm³/mol. The number of nitro groups is 1. The number of nitrogens with zero attached hydrogens (tertiary/aromatic N) is 3. The maximum absolute atomic E-state index is 12.1. The Morgan fingerprint density at radius 2 is 2.15 bits per heavy atom. The molecular weight excluding hydrogens is 344 g/mol. The predicted octanol–water partition coefficient (Wildman–Crippen LogP) is 2.09. The van der Waals surface area contributed by atoms with Crippen LogP contribution in [0.5, 0.6) is 0 Å². The lowest BCUT2D eigenvalue weighted by atomic mass is 10.0. The first-order valence-corrected chi connectivity index (χ1v) is 8.42. The van der Waals surface area contributed by atoms with Gasteiger partial charge in [0.2, 0.25) is 0 Å². The summed E-state index contributed by atoms with van der Waals surface area (Å²) in [7, 11) is 3.17. The van der Waals surface area contributed by atoms with Crippen LogP contribution in [0.25, 0.3) is 0 Å². The zero-order valence-electron chi connectivity index (χ0n) is 15.7. The van der Waals surface area contributed by atoms with E-state index in [1.54, 1.807) is 27.8 Å². The summed E-state index contributed by atoms with van der Waals surface area (Å²) in [6.07, 6.45) is 0.777. The van der Waals surface area contributed by atoms with Gasteiger partial charge in [-0.05, 0) is 33.6 Å². The summed E-state index contributed by atoms with van der Waals surface area (Å²) < 4.78 is 18.0. The first-order valence-electron chi connectivity index (χ1n) is 8.42. The van der Waals surface area contributed by atoms with Crippen molar-refractivity contribution in [1.29, 1.82) is 0 Å². The van der Waals surface area contributed by atoms with Crippen molar-refractivity contribution in [2.75, 3.05) is 13.7 Å². The van der Waals surface area contributed by atoms with E-state index in [2.05, 4.69) is 10.4 Å². The number of hydrogen-bond acceptors (Lipinski definition) is 7. The first kappa shape index (κ1) is 20.1. The lowest BCUT2D eigenvalue weighted by molar-refractivity contribution is -0.386. The topological polar surface area (TPSA) is 118 Å². The second-order valence-electron chi connectivity index (χ2n) is 7.22. The van der Waals surface area contributed by atoms with Gasteiger partial charge in [0.25, 0.3) is 0 Å². The van der Waals surface area contributed by atoms with E-state index in [-0.39, 0.29) is 24.4 Å². The number of carbonyl (C=O) groups is 1. The fourth-order valence-corrected chi connectivity index (χ4v) is 2.95. The highest BCUT2D eigenvalue weighted by atomic mass is 16.6. The van der Waals surface area contributed by atoms with E-state index in [9.17, 15) is 14.9 Å². The first-order chi connectivity index (χ1) is 12.1. The van der Waals surface area contributed by atoms with Gasteiger partial charge < -0.3 is 19.5 Å². The molecule has 1 aromatic heterocycles. The fraction of sp³-hybridized carbons (Fsp3) is 0.750. The van der Waals surface area contributed by atoms with Gasteiger partial charge in [-0.2, -0.15) is 5.10 Å². The zero-order chi connectivity index (χ0) is 19.5. The van der Waals surface area contributed by atoms with E-state index >= 15 is 0 Å². The summed E-state index contributed by atoms with van der Waals surface area (Å²) in [6, 6.07) is -0.327. The molecule has 10 heteroatoms. The van der Waals surface area contributed by atoms with Crippen molar-refractivity contribution in [1.82, 2.24) is 15.1 Å². The van der Waals surface area contributed by atoms with E-state index in [1.165, 1.54) is 18.0 Å². The third kappa shape index (κ3) is 4.92. The molecule has 0 bridgehead atoms. The molecule has 2 heterocycles. The molecule has 0 aromatic carbocycles. The summed E-state index contributed by atoms with van der Waals surface area (Å²) in [5.41, 5.74) is -0.279. The van der Waals surface area contributed by atoms with Gasteiger partial charge in [0.15, 0.2) is 0 Å². The van der Waals surface area contributed by atoms with Gasteiger partial charge in [-0.3, -0.25) is 14.8 Å². The van der Waals surface area contributed by atoms with Crippen molar-refractivity contribution < 1.29 is 23.9 Å². The number of hydrogen-bond donors (Lipinski definition) is 1. The van der Waals surface area contributed by atoms with E-state index in [0.717, 1.165) is 0 Å². The van der Waals surface area contributed by atoms with Crippen LogP contribution in [0, 0.1) is 10.1 Å². The molecule has 2 rings (SSSR count). The van der Waals surface area contributed by atoms with Crippen LogP contribution in [0.15, 0.2) is 6.20 Å². The molecule has 1 aliphatic rings. The summed E-state index contributed by atoms with van der Waals surface area (Å²) in [5.74, 6) is 0. The number of nitrogens with one attached hydrogen (secondary N) is 1. The molecule has 1 aliphatic heterocycles. The molecule has 0 aliphatic carbocycles. The van der Waals surface area contributed by atoms with Gasteiger partial charge in [-0.1, -0.05) is 0 Å². The van der Waals surface area contributed by atoms with Gasteiger partial charge in [-0.15, -0.1) is 0 Å². The quantitative estimate of drug-likeness (QED) is 0.637. The maximum atomic E-state index is 12.1. The van der Waals surface area contributed by atoms with Crippen LogP contribution in [-0.2, 0) is 21.3 Å². The standard InChI is InChI=1S/C16H26N4O6/c1-16(2,3)26-15(21)18-10-6-7-12(25-9-13(10)24-5)14-11(20(22)23)8-17-19(14)4/h8,10,12-13H,6-7,9H2,1-5H3,(H,18,21)/t10-,12?,13-/m0/s1. The Labute approximate surface area is 151 Å². The van der Waals surface area contributed by atoms with Crippen molar-refractivity contribution >= 4 is 11.8 Å². The van der Waals surface area contributed by atoms with E-state index in [4.69, 9.17) is 14.2 Å². The second kappa shape index (κ2) is 8.00. The van der Waals surface area contributed by atoms with Crippen LogP contribution in [0.2, 0.25) is 0 Å². The van der Waals surface area contributed by atoms with Crippen molar-refractivity contribution in [3.05, 3.63) is 22.0 Å². The molecule has 0 spiro atoms. The van der Waals surface area contributed by atoms with Crippen LogP contribution in [0.1, 0.15) is 45.4 Å². The minimum absolute atomic E-state index is 0.0787. The molecule has 1 amide bonds. The summed E-state index contributed by atoms with van der Waals surface area (Å²) >= 11 is 0. The third-order valence-electron chi connectivity index (χ3n) is 4.12. The van der Waals surface area contributed by atoms with Gasteiger partial charge in [0.1, 0.15) is 29.7 Å². The monoisotopic (exact) mass is 370 g/mol. The molecule has 146 valence electrons. The molecule has 0 saturated carbocycles. The second-order valence-corrected chi connectivity index (χ2v) is 7.22. The third-order valence-corrected chi connectivity index (χ3v) is 4.12. The van der Waals surface area contributed by atoms with Crippen molar-refractivity contribution in [3.63, 3.8) is 0 Å². The van der Waals surface area contributed by atoms with E-state index in [0.29, 0.717) is 18.5 Å². The number of ether oxygens (including phenoxy) is 3. The van der Waals surface area contributed by atoms with Crippen LogP contribution < -0.4 is 5.32 Å². The molecule has 0 radical (unpaired) electrons. The average molecular weight is 370 g/mol. The summed E-state index contributed by atoms with van der Waals surface area (Å²) in [6.45, 7) is 5.54. The number of methoxy groups -OCH3 is 1. The van der Waals surface area contributed by atoms with Crippen LogP contribution in [0.3, 0.4) is 0 Å². The molecule has 10 nitrogen and oxygen atoms in total. The number of rotatable bonds is 4. The molecule has 1 unspecified atom stereocenters. The molecule has 26 heavy (non-hydrogen) atoms. The maximum Gasteiger partial charge on any atom is 0.407 e. The Morgan fingerprint density at radius 1 is 1.46 bits per heavy atom. The Morgan fingerprint density at radius 3 is 2.73 bits per heavy atom. The summed E-state index contributed by atoms with van der Waals surface area (Å²) in [5, 5.41) is 18.0. The molecule has 3 atom stereocenters. The Bertz CT molecular complexity index is 654. The smallest absolute Gasteiger partial charge is 0.407 e. The molecule has 1 N–H and O–H groups in total. The number of amides is 1. The molecular formula is C16H26N4O6. The zero-order valence-corrected chi connectivity index (χ0v) is 15.7. The lowest BCUT2D eigenvalue weighted by Crippen LogP contribution is -2.46. The number of aryl methyl sites for hydroxylation is 1. The molecule has 1 saturated heterocycles. The minimum atomic E-state index is -0.605. The van der Waals surface area contributed by atoms with E-state index < -0.39 is 22.7 Å². The highest BCUT2D eigenvalue weighted by molar-refractivity contribution is 5.68. The van der Waals surface area contributed by atoms with Crippen molar-refractivity contribution in [2.24, 2.45) is 7.05 Å². The normalized spacial score (nSPS) is 24.0. The highest BCUT2D eigenvalue weighted by Gasteiger charge is 2.35. The van der Waals surface area contributed by atoms with Crippen LogP contribution in [-0.4, -0.2) is 52.3 Å². The Balaban J connectivity index is 2.12.